The Morgan fingerprint density at radius 3 is 2.71 bits per heavy atom. The smallest absolute Gasteiger partial charge is 0.228 e. The van der Waals surface area contributed by atoms with Gasteiger partial charge in [-0.3, -0.25) is 4.79 Å². The van der Waals surface area contributed by atoms with Crippen molar-refractivity contribution in [3.8, 4) is 0 Å². The molecule has 0 bridgehead atoms. The average molecular weight is 238 g/mol. The van der Waals surface area contributed by atoms with E-state index in [-0.39, 0.29) is 5.41 Å². The summed E-state index contributed by atoms with van der Waals surface area (Å²) in [4.78, 5) is 14.7. The lowest BCUT2D eigenvalue weighted by atomic mass is 9.85. The molecule has 0 radical (unpaired) electrons. The molecule has 2 fully saturated rings. The Morgan fingerprint density at radius 2 is 2.06 bits per heavy atom. The molecule has 0 aromatic rings. The van der Waals surface area contributed by atoms with Crippen LogP contribution < -0.4 is 5.32 Å². The molecule has 17 heavy (non-hydrogen) atoms. The highest BCUT2D eigenvalue weighted by Crippen LogP contribution is 2.39. The highest BCUT2D eigenvalue weighted by atomic mass is 16.2. The van der Waals surface area contributed by atoms with Crippen molar-refractivity contribution in [1.82, 2.24) is 10.2 Å². The Kier molecular flexibility index (Phi) is 4.08. The van der Waals surface area contributed by atoms with Crippen LogP contribution >= 0.6 is 0 Å². The molecule has 1 aliphatic heterocycles. The molecule has 2 rings (SSSR count). The first-order chi connectivity index (χ1) is 8.15. The number of rotatable bonds is 3. The molecule has 1 N–H and O–H groups in total. The van der Waals surface area contributed by atoms with Crippen molar-refractivity contribution in [3.63, 3.8) is 0 Å². The summed E-state index contributed by atoms with van der Waals surface area (Å²) in [6.07, 6.45) is 7.10. The van der Waals surface area contributed by atoms with Gasteiger partial charge in [0.1, 0.15) is 0 Å². The summed E-state index contributed by atoms with van der Waals surface area (Å²) in [5, 5.41) is 3.24. The second-order valence-corrected chi connectivity index (χ2v) is 6.08. The van der Waals surface area contributed by atoms with Gasteiger partial charge in [-0.25, -0.2) is 0 Å². The first-order valence-corrected chi connectivity index (χ1v) is 7.10. The number of likely N-dealkylation sites (tertiary alicyclic amines) is 1. The zero-order valence-electron chi connectivity index (χ0n) is 11.3. The number of carbonyl (C=O) groups is 1. The average Bonchev–Trinajstić information content (AvgIpc) is 2.77. The minimum Gasteiger partial charge on any atom is -0.342 e. The second kappa shape index (κ2) is 5.38. The fourth-order valence-electron chi connectivity index (χ4n) is 3.46. The predicted molar refractivity (Wildman–Crippen MR) is 69.8 cm³/mol. The monoisotopic (exact) mass is 238 g/mol. The highest BCUT2D eigenvalue weighted by molar-refractivity contribution is 5.82. The number of hydrogen-bond donors (Lipinski definition) is 1. The Labute approximate surface area is 105 Å². The molecule has 98 valence electrons. The zero-order chi connectivity index (χ0) is 12.3. The maximum atomic E-state index is 12.6. The van der Waals surface area contributed by atoms with Crippen LogP contribution in [0.2, 0.25) is 0 Å². The van der Waals surface area contributed by atoms with E-state index < -0.39 is 0 Å². The van der Waals surface area contributed by atoms with Gasteiger partial charge in [-0.15, -0.1) is 0 Å². The third-order valence-corrected chi connectivity index (χ3v) is 4.52. The van der Waals surface area contributed by atoms with E-state index in [9.17, 15) is 4.79 Å². The van der Waals surface area contributed by atoms with Gasteiger partial charge in [0.05, 0.1) is 0 Å². The third-order valence-electron chi connectivity index (χ3n) is 4.52. The van der Waals surface area contributed by atoms with E-state index in [1.54, 1.807) is 0 Å². The molecule has 0 aromatic carbocycles. The lowest BCUT2D eigenvalue weighted by molar-refractivity contribution is -0.142. The van der Waals surface area contributed by atoms with Crippen molar-refractivity contribution in [2.24, 2.45) is 11.3 Å². The molecule has 1 unspecified atom stereocenters. The molecule has 2 aliphatic rings. The summed E-state index contributed by atoms with van der Waals surface area (Å²) < 4.78 is 0. The van der Waals surface area contributed by atoms with Crippen molar-refractivity contribution in [1.29, 1.82) is 0 Å². The zero-order valence-corrected chi connectivity index (χ0v) is 11.3. The van der Waals surface area contributed by atoms with Crippen LogP contribution in [0.1, 0.15) is 45.4 Å². The number of nitrogens with zero attached hydrogens (tertiary/aromatic N) is 1. The normalized spacial score (nSPS) is 28.4. The summed E-state index contributed by atoms with van der Waals surface area (Å²) in [5.74, 6) is 1.08. The van der Waals surface area contributed by atoms with Gasteiger partial charge in [-0.05, 0) is 45.2 Å². The number of piperidine rings is 1. The summed E-state index contributed by atoms with van der Waals surface area (Å²) in [5.41, 5.74) is -0.0401. The van der Waals surface area contributed by atoms with Crippen molar-refractivity contribution in [2.75, 3.05) is 26.7 Å². The largest absolute Gasteiger partial charge is 0.342 e. The SMILES string of the molecule is CNCC1CCCN(C(=O)C2(C)CCCC2)C1. The number of amides is 1. The maximum absolute atomic E-state index is 12.6. The molecule has 1 amide bonds. The molecule has 3 heteroatoms. The van der Waals surface area contributed by atoms with Crippen LogP contribution in [-0.4, -0.2) is 37.5 Å². The van der Waals surface area contributed by atoms with Crippen LogP contribution in [0.3, 0.4) is 0 Å². The molecule has 1 saturated heterocycles. The van der Waals surface area contributed by atoms with E-state index in [0.29, 0.717) is 11.8 Å². The van der Waals surface area contributed by atoms with Crippen molar-refractivity contribution in [3.05, 3.63) is 0 Å². The number of nitrogens with one attached hydrogen (secondary N) is 1. The minimum absolute atomic E-state index is 0.0401. The Hall–Kier alpha value is -0.570. The number of carbonyl (C=O) groups excluding carboxylic acids is 1. The van der Waals surface area contributed by atoms with Gasteiger partial charge in [0.25, 0.3) is 0 Å². The molecule has 1 atom stereocenters. The first-order valence-electron chi connectivity index (χ1n) is 7.10. The van der Waals surface area contributed by atoms with E-state index >= 15 is 0 Å². The minimum atomic E-state index is -0.0401. The predicted octanol–water partition coefficient (Wildman–Crippen LogP) is 2.02. The van der Waals surface area contributed by atoms with E-state index in [0.717, 1.165) is 32.5 Å². The summed E-state index contributed by atoms with van der Waals surface area (Å²) in [6, 6.07) is 0. The van der Waals surface area contributed by atoms with E-state index in [1.165, 1.54) is 25.7 Å². The quantitative estimate of drug-likeness (QED) is 0.816. The van der Waals surface area contributed by atoms with Crippen LogP contribution in [0, 0.1) is 11.3 Å². The van der Waals surface area contributed by atoms with Crippen molar-refractivity contribution in [2.45, 2.75) is 45.4 Å². The third kappa shape index (κ3) is 2.82. The second-order valence-electron chi connectivity index (χ2n) is 6.08. The lowest BCUT2D eigenvalue weighted by Crippen LogP contribution is -2.47. The van der Waals surface area contributed by atoms with Crippen LogP contribution in [0.15, 0.2) is 0 Å². The van der Waals surface area contributed by atoms with E-state index in [1.807, 2.05) is 7.05 Å². The van der Waals surface area contributed by atoms with Gasteiger partial charge in [0, 0.05) is 18.5 Å². The standard InChI is InChI=1S/C14H26N2O/c1-14(7-3-4-8-14)13(17)16-9-5-6-12(11-16)10-15-2/h12,15H,3-11H2,1-2H3. The van der Waals surface area contributed by atoms with Crippen LogP contribution in [0.4, 0.5) is 0 Å². The molecular weight excluding hydrogens is 212 g/mol. The molecule has 1 heterocycles. The van der Waals surface area contributed by atoms with Gasteiger partial charge in [0.15, 0.2) is 0 Å². The Morgan fingerprint density at radius 1 is 1.35 bits per heavy atom. The number of hydrogen-bond acceptors (Lipinski definition) is 2. The van der Waals surface area contributed by atoms with Crippen LogP contribution in [-0.2, 0) is 4.79 Å². The summed E-state index contributed by atoms with van der Waals surface area (Å²) in [7, 11) is 2.00. The van der Waals surface area contributed by atoms with Gasteiger partial charge in [-0.1, -0.05) is 19.8 Å². The van der Waals surface area contributed by atoms with Gasteiger partial charge >= 0.3 is 0 Å². The summed E-state index contributed by atoms with van der Waals surface area (Å²) in [6.45, 7) is 5.16. The van der Waals surface area contributed by atoms with Crippen molar-refractivity contribution < 1.29 is 4.79 Å². The molecular formula is C14H26N2O. The topological polar surface area (TPSA) is 32.3 Å². The van der Waals surface area contributed by atoms with Gasteiger partial charge < -0.3 is 10.2 Å². The Balaban J connectivity index is 1.94. The van der Waals surface area contributed by atoms with Gasteiger partial charge in [-0.2, -0.15) is 0 Å². The Bertz CT molecular complexity index is 269. The lowest BCUT2D eigenvalue weighted by Gasteiger charge is -2.37. The molecule has 0 aromatic heterocycles. The molecule has 0 spiro atoms. The highest BCUT2D eigenvalue weighted by Gasteiger charge is 2.40. The fourth-order valence-corrected chi connectivity index (χ4v) is 3.46. The van der Waals surface area contributed by atoms with Crippen molar-refractivity contribution >= 4 is 5.91 Å². The maximum Gasteiger partial charge on any atom is 0.228 e. The van der Waals surface area contributed by atoms with E-state index in [4.69, 9.17) is 0 Å². The van der Waals surface area contributed by atoms with E-state index in [2.05, 4.69) is 17.1 Å². The first kappa shape index (κ1) is 12.9. The summed E-state index contributed by atoms with van der Waals surface area (Å²) >= 11 is 0. The molecule has 1 aliphatic carbocycles. The van der Waals surface area contributed by atoms with Crippen LogP contribution in [0.25, 0.3) is 0 Å². The molecule has 1 saturated carbocycles. The molecule has 3 nitrogen and oxygen atoms in total. The van der Waals surface area contributed by atoms with Crippen LogP contribution in [0.5, 0.6) is 0 Å². The van der Waals surface area contributed by atoms with Gasteiger partial charge in [0.2, 0.25) is 5.91 Å². The fraction of sp³-hybridized carbons (Fsp3) is 0.929.